The average molecular weight is 401 g/mol. The van der Waals surface area contributed by atoms with E-state index in [0.717, 1.165) is 49.9 Å². The topological polar surface area (TPSA) is 135 Å². The summed E-state index contributed by atoms with van der Waals surface area (Å²) >= 11 is 0. The molecule has 0 aromatic carbocycles. The second-order valence-corrected chi connectivity index (χ2v) is 9.61. The summed E-state index contributed by atoms with van der Waals surface area (Å²) in [5.74, 6) is 1.95. The number of amides is 4. The molecule has 6 N–H and O–H groups in total. The molecular formula is C21H32N6O2. The van der Waals surface area contributed by atoms with Gasteiger partial charge in [0.2, 0.25) is 0 Å². The van der Waals surface area contributed by atoms with Crippen molar-refractivity contribution in [3.05, 3.63) is 11.6 Å². The third-order valence-electron chi connectivity index (χ3n) is 8.33. The molecule has 0 aromatic rings. The van der Waals surface area contributed by atoms with Crippen molar-refractivity contribution in [2.75, 3.05) is 0 Å². The number of nitrogens with zero attached hydrogens (tertiary/aromatic N) is 2. The molecule has 4 rings (SSSR count). The Morgan fingerprint density at radius 2 is 1.62 bits per heavy atom. The smallest absolute Gasteiger partial charge is 0.332 e. The van der Waals surface area contributed by atoms with Crippen LogP contribution < -0.4 is 22.3 Å². The van der Waals surface area contributed by atoms with Crippen molar-refractivity contribution >= 4 is 23.5 Å². The van der Waals surface area contributed by atoms with Crippen molar-refractivity contribution in [1.29, 1.82) is 0 Å². The number of carbonyl (C=O) groups is 2. The van der Waals surface area contributed by atoms with E-state index in [-0.39, 0.29) is 10.8 Å². The van der Waals surface area contributed by atoms with Crippen LogP contribution in [0.2, 0.25) is 0 Å². The zero-order valence-corrected chi connectivity index (χ0v) is 17.3. The van der Waals surface area contributed by atoms with E-state index in [9.17, 15) is 9.59 Å². The number of hydrogen-bond donors (Lipinski definition) is 4. The number of fused-ring (bicyclic) bond motifs is 5. The predicted octanol–water partition coefficient (Wildman–Crippen LogP) is 3.00. The van der Waals surface area contributed by atoms with Gasteiger partial charge in [-0.25, -0.2) is 20.4 Å². The maximum Gasteiger partial charge on any atom is 0.332 e. The predicted molar refractivity (Wildman–Crippen MR) is 112 cm³/mol. The normalized spacial score (nSPS) is 41.2. The highest BCUT2D eigenvalue weighted by atomic mass is 16.2. The van der Waals surface area contributed by atoms with Crippen LogP contribution in [-0.4, -0.2) is 23.5 Å². The third kappa shape index (κ3) is 3.32. The second kappa shape index (κ2) is 7.15. The molecule has 0 bridgehead atoms. The lowest BCUT2D eigenvalue weighted by atomic mass is 9.47. The van der Waals surface area contributed by atoms with Crippen LogP contribution >= 0.6 is 0 Å². The van der Waals surface area contributed by atoms with Crippen LogP contribution in [0.15, 0.2) is 21.9 Å². The van der Waals surface area contributed by atoms with Crippen LogP contribution in [0, 0.1) is 28.6 Å². The van der Waals surface area contributed by atoms with Gasteiger partial charge in [-0.2, -0.15) is 10.2 Å². The Hall–Kier alpha value is -2.38. The first kappa shape index (κ1) is 19.9. The molecule has 4 aliphatic rings. The Bertz CT molecular complexity index is 818. The van der Waals surface area contributed by atoms with Crippen molar-refractivity contribution in [3.63, 3.8) is 0 Å². The molecule has 29 heavy (non-hydrogen) atoms. The molecule has 0 aliphatic heterocycles. The van der Waals surface area contributed by atoms with Gasteiger partial charge in [-0.1, -0.05) is 19.4 Å². The minimum absolute atomic E-state index is 0.0634. The van der Waals surface area contributed by atoms with E-state index in [1.807, 2.05) is 0 Å². The van der Waals surface area contributed by atoms with Crippen LogP contribution in [0.5, 0.6) is 0 Å². The molecule has 4 aliphatic carbocycles. The Morgan fingerprint density at radius 1 is 0.931 bits per heavy atom. The highest BCUT2D eigenvalue weighted by Crippen LogP contribution is 2.64. The molecule has 8 nitrogen and oxygen atoms in total. The summed E-state index contributed by atoms with van der Waals surface area (Å²) in [6.07, 6.45) is 10.7. The van der Waals surface area contributed by atoms with Gasteiger partial charge >= 0.3 is 12.1 Å². The molecule has 158 valence electrons. The molecule has 0 radical (unpaired) electrons. The number of hydrazone groups is 2. The molecule has 5 atom stereocenters. The molecule has 0 heterocycles. The van der Waals surface area contributed by atoms with Crippen LogP contribution in [0.3, 0.4) is 0 Å². The number of carbonyl (C=O) groups excluding carboxylic acids is 2. The molecule has 0 spiro atoms. The zero-order valence-electron chi connectivity index (χ0n) is 17.3. The summed E-state index contributed by atoms with van der Waals surface area (Å²) < 4.78 is 0. The van der Waals surface area contributed by atoms with E-state index in [1.54, 1.807) is 0 Å². The summed E-state index contributed by atoms with van der Waals surface area (Å²) in [6.45, 7) is 4.76. The first-order valence-corrected chi connectivity index (χ1v) is 10.7. The van der Waals surface area contributed by atoms with Crippen molar-refractivity contribution in [2.24, 2.45) is 50.3 Å². The Balaban J connectivity index is 1.57. The third-order valence-corrected chi connectivity index (χ3v) is 8.33. The summed E-state index contributed by atoms with van der Waals surface area (Å²) in [7, 11) is 0. The number of primary amides is 2. The van der Waals surface area contributed by atoms with Gasteiger partial charge in [-0.05, 0) is 80.6 Å². The Labute approximate surface area is 171 Å². The standard InChI is InChI=1S/C21H32N6O2/c1-20-9-7-13(24-26-18(22)28)11-12(20)3-4-14-15-5-6-17(25-27-19(23)29)21(15,2)10-8-16(14)20/h11,14-16H,3-10H2,1-2H3,(H3,22,26,28)(H3,23,27,29)/b24-13+,25-17?/t14-,15+,16+,20-,21-/m0/s1. The Morgan fingerprint density at radius 3 is 2.34 bits per heavy atom. The van der Waals surface area contributed by atoms with Crippen LogP contribution in [0.4, 0.5) is 9.59 Å². The highest BCUT2D eigenvalue weighted by molar-refractivity contribution is 5.97. The maximum atomic E-state index is 11.1. The van der Waals surface area contributed by atoms with E-state index >= 15 is 0 Å². The summed E-state index contributed by atoms with van der Waals surface area (Å²) in [4.78, 5) is 22.1. The van der Waals surface area contributed by atoms with Crippen molar-refractivity contribution < 1.29 is 9.59 Å². The fraction of sp³-hybridized carbons (Fsp3) is 0.714. The molecule has 0 saturated heterocycles. The van der Waals surface area contributed by atoms with Crippen molar-refractivity contribution in [1.82, 2.24) is 10.9 Å². The minimum atomic E-state index is -0.621. The summed E-state index contributed by atoms with van der Waals surface area (Å²) in [6, 6.07) is -1.22. The molecular weight excluding hydrogens is 368 g/mol. The summed E-state index contributed by atoms with van der Waals surface area (Å²) in [5, 5.41) is 8.55. The molecule has 4 amide bonds. The van der Waals surface area contributed by atoms with E-state index in [0.29, 0.717) is 17.8 Å². The van der Waals surface area contributed by atoms with Gasteiger partial charge in [0.1, 0.15) is 0 Å². The fourth-order valence-electron chi connectivity index (χ4n) is 6.88. The van der Waals surface area contributed by atoms with Crippen LogP contribution in [0.1, 0.15) is 65.2 Å². The van der Waals surface area contributed by atoms with Crippen molar-refractivity contribution in [3.8, 4) is 0 Å². The van der Waals surface area contributed by atoms with Gasteiger partial charge in [-0.3, -0.25) is 0 Å². The fourth-order valence-corrected chi connectivity index (χ4v) is 6.88. The van der Waals surface area contributed by atoms with E-state index in [4.69, 9.17) is 11.5 Å². The van der Waals surface area contributed by atoms with E-state index in [1.165, 1.54) is 18.4 Å². The number of hydrogen-bond acceptors (Lipinski definition) is 4. The molecule has 0 aromatic heterocycles. The number of rotatable bonds is 2. The van der Waals surface area contributed by atoms with Gasteiger partial charge in [0.05, 0.1) is 5.71 Å². The largest absolute Gasteiger partial charge is 0.350 e. The second-order valence-electron chi connectivity index (χ2n) is 9.61. The maximum absolute atomic E-state index is 11.1. The van der Waals surface area contributed by atoms with Gasteiger partial charge in [0.15, 0.2) is 0 Å². The average Bonchev–Trinajstić information content (AvgIpc) is 3.01. The summed E-state index contributed by atoms with van der Waals surface area (Å²) in [5.41, 5.74) is 19.0. The molecule has 8 heteroatoms. The van der Waals surface area contributed by atoms with Gasteiger partial charge in [0.25, 0.3) is 0 Å². The lowest BCUT2D eigenvalue weighted by Gasteiger charge is -2.57. The van der Waals surface area contributed by atoms with E-state index < -0.39 is 12.1 Å². The number of nitrogens with one attached hydrogen (secondary N) is 2. The number of nitrogens with two attached hydrogens (primary N) is 2. The SMILES string of the molecule is C[C@]12CC/C(=N\NC(N)=O)C=C1CC[C@@H]1[C@H]2CC[C@]2(C)C(=NNC(N)=O)CC[C@H]12. The Kier molecular flexibility index (Phi) is 4.91. The lowest BCUT2D eigenvalue weighted by molar-refractivity contribution is -0.0155. The number of allylic oxidation sites excluding steroid dienone is 2. The lowest BCUT2D eigenvalue weighted by Crippen LogP contribution is -2.50. The van der Waals surface area contributed by atoms with E-state index in [2.05, 4.69) is 41.0 Å². The zero-order chi connectivity index (χ0) is 20.8. The molecule has 3 fully saturated rings. The monoisotopic (exact) mass is 400 g/mol. The van der Waals surface area contributed by atoms with Gasteiger partial charge < -0.3 is 11.5 Å². The molecule has 3 saturated carbocycles. The van der Waals surface area contributed by atoms with Gasteiger partial charge in [-0.15, -0.1) is 0 Å². The number of urea groups is 2. The quantitative estimate of drug-likeness (QED) is 0.530. The first-order chi connectivity index (χ1) is 13.7. The van der Waals surface area contributed by atoms with Gasteiger partial charge in [0, 0.05) is 11.1 Å². The van der Waals surface area contributed by atoms with Crippen LogP contribution in [-0.2, 0) is 0 Å². The highest BCUT2D eigenvalue weighted by Gasteiger charge is 2.58. The minimum Gasteiger partial charge on any atom is -0.350 e. The molecule has 0 unspecified atom stereocenters. The van der Waals surface area contributed by atoms with Crippen LogP contribution in [0.25, 0.3) is 0 Å². The van der Waals surface area contributed by atoms with Crippen molar-refractivity contribution in [2.45, 2.75) is 65.2 Å². The first-order valence-electron chi connectivity index (χ1n) is 10.7.